The Morgan fingerprint density at radius 1 is 1.23 bits per heavy atom. The van der Waals surface area contributed by atoms with E-state index in [4.69, 9.17) is 14.6 Å². The molecule has 1 aromatic rings. The predicted molar refractivity (Wildman–Crippen MR) is 78.1 cm³/mol. The molecule has 1 aromatic carbocycles. The summed E-state index contributed by atoms with van der Waals surface area (Å²) in [6.45, 7) is 2.18. The molecule has 2 rings (SSSR count). The number of benzene rings is 1. The lowest BCUT2D eigenvalue weighted by atomic mass is 9.87. The van der Waals surface area contributed by atoms with E-state index in [9.17, 15) is 14.7 Å². The second-order valence-corrected chi connectivity index (χ2v) is 5.33. The number of carbonyl (C=O) groups excluding carboxylic acids is 1. The maximum atomic E-state index is 11.7. The number of aromatic hydroxyl groups is 1. The largest absolute Gasteiger partial charge is 0.507 e. The summed E-state index contributed by atoms with van der Waals surface area (Å²) in [6.07, 6.45) is 2.84. The maximum Gasteiger partial charge on any atom is 0.339 e. The van der Waals surface area contributed by atoms with Gasteiger partial charge in [-0.15, -0.1) is 0 Å². The first-order valence-electron chi connectivity index (χ1n) is 7.40. The highest BCUT2D eigenvalue weighted by atomic mass is 16.5. The number of carbonyl (C=O) groups is 2. The number of hydrogen-bond acceptors (Lipinski definition) is 5. The summed E-state index contributed by atoms with van der Waals surface area (Å²) in [5.41, 5.74) is -0.154. The fraction of sp³-hybridized carbons (Fsp3) is 0.500. The minimum Gasteiger partial charge on any atom is -0.507 e. The van der Waals surface area contributed by atoms with Crippen molar-refractivity contribution in [2.24, 2.45) is 5.92 Å². The number of carboxylic acids is 1. The summed E-state index contributed by atoms with van der Waals surface area (Å²) in [5.74, 6) is -1.28. The van der Waals surface area contributed by atoms with Crippen molar-refractivity contribution >= 4 is 11.9 Å². The van der Waals surface area contributed by atoms with Gasteiger partial charge in [-0.1, -0.05) is 0 Å². The van der Waals surface area contributed by atoms with Gasteiger partial charge in [-0.25, -0.2) is 4.79 Å². The smallest absolute Gasteiger partial charge is 0.339 e. The predicted octanol–water partition coefficient (Wildman–Crippen LogP) is 2.59. The Morgan fingerprint density at radius 2 is 1.91 bits per heavy atom. The molecule has 1 aliphatic rings. The van der Waals surface area contributed by atoms with Crippen LogP contribution in [0.25, 0.3) is 0 Å². The van der Waals surface area contributed by atoms with Crippen LogP contribution in [-0.4, -0.2) is 34.9 Å². The normalized spacial score (nSPS) is 21.1. The third-order valence-electron chi connectivity index (χ3n) is 3.80. The van der Waals surface area contributed by atoms with Crippen molar-refractivity contribution in [2.75, 3.05) is 6.61 Å². The van der Waals surface area contributed by atoms with Crippen LogP contribution in [-0.2, 0) is 9.53 Å². The van der Waals surface area contributed by atoms with Crippen LogP contribution in [0.2, 0.25) is 0 Å². The van der Waals surface area contributed by atoms with E-state index in [0.717, 1.165) is 12.8 Å². The molecule has 0 aromatic heterocycles. The molecule has 0 bridgehead atoms. The zero-order valence-corrected chi connectivity index (χ0v) is 12.4. The average Bonchev–Trinajstić information content (AvgIpc) is 2.48. The number of phenols is 1. The molecule has 0 unspecified atom stereocenters. The molecule has 0 heterocycles. The van der Waals surface area contributed by atoms with Crippen molar-refractivity contribution in [1.29, 1.82) is 0 Å². The van der Waals surface area contributed by atoms with E-state index in [1.165, 1.54) is 18.2 Å². The van der Waals surface area contributed by atoms with Crippen LogP contribution >= 0.6 is 0 Å². The first-order valence-corrected chi connectivity index (χ1v) is 7.40. The molecule has 120 valence electrons. The monoisotopic (exact) mass is 308 g/mol. The van der Waals surface area contributed by atoms with Crippen molar-refractivity contribution in [2.45, 2.75) is 38.7 Å². The highest BCUT2D eigenvalue weighted by molar-refractivity contribution is 5.90. The molecule has 0 saturated heterocycles. The van der Waals surface area contributed by atoms with Crippen LogP contribution in [0.15, 0.2) is 18.2 Å². The summed E-state index contributed by atoms with van der Waals surface area (Å²) >= 11 is 0. The lowest BCUT2D eigenvalue weighted by Crippen LogP contribution is -2.29. The van der Waals surface area contributed by atoms with E-state index in [1.54, 1.807) is 6.92 Å². The zero-order valence-electron chi connectivity index (χ0n) is 12.4. The van der Waals surface area contributed by atoms with Crippen molar-refractivity contribution in [3.63, 3.8) is 0 Å². The molecule has 0 radical (unpaired) electrons. The number of hydrogen-bond donors (Lipinski definition) is 2. The van der Waals surface area contributed by atoms with Gasteiger partial charge in [0.25, 0.3) is 0 Å². The van der Waals surface area contributed by atoms with Crippen LogP contribution in [0.1, 0.15) is 43.0 Å². The number of esters is 1. The molecule has 0 aliphatic heterocycles. The van der Waals surface area contributed by atoms with E-state index in [-0.39, 0.29) is 29.3 Å². The third kappa shape index (κ3) is 3.90. The van der Waals surface area contributed by atoms with Crippen LogP contribution in [0.5, 0.6) is 11.5 Å². The molecule has 0 atom stereocenters. The molecule has 22 heavy (non-hydrogen) atoms. The van der Waals surface area contributed by atoms with Gasteiger partial charge in [-0.05, 0) is 44.7 Å². The van der Waals surface area contributed by atoms with Crippen LogP contribution in [0.4, 0.5) is 0 Å². The summed E-state index contributed by atoms with van der Waals surface area (Å²) in [5, 5.41) is 18.5. The van der Waals surface area contributed by atoms with E-state index in [0.29, 0.717) is 25.2 Å². The Labute approximate surface area is 128 Å². The highest BCUT2D eigenvalue weighted by Gasteiger charge is 2.28. The number of carboxylic acid groups (broad SMARTS) is 1. The van der Waals surface area contributed by atoms with E-state index < -0.39 is 5.97 Å². The zero-order chi connectivity index (χ0) is 16.1. The summed E-state index contributed by atoms with van der Waals surface area (Å²) in [7, 11) is 0. The molecular formula is C16H20O6. The fourth-order valence-electron chi connectivity index (χ4n) is 2.63. The molecular weight excluding hydrogens is 288 g/mol. The first kappa shape index (κ1) is 16.1. The van der Waals surface area contributed by atoms with Gasteiger partial charge in [0.2, 0.25) is 0 Å². The standard InChI is InChI=1S/C16H20O6/c1-2-21-16(20)10-3-5-11(6-4-10)22-12-7-8-13(15(18)19)14(17)9-12/h7-11,17H,2-6H2,1H3,(H,18,19). The molecule has 1 fully saturated rings. The lowest BCUT2D eigenvalue weighted by molar-refractivity contribution is -0.149. The molecule has 0 amide bonds. The van der Waals surface area contributed by atoms with Gasteiger partial charge in [0.15, 0.2) is 0 Å². The number of ether oxygens (including phenoxy) is 2. The SMILES string of the molecule is CCOC(=O)C1CCC(Oc2ccc(C(=O)O)c(O)c2)CC1. The highest BCUT2D eigenvalue weighted by Crippen LogP contribution is 2.30. The number of aromatic carboxylic acids is 1. The molecule has 6 nitrogen and oxygen atoms in total. The summed E-state index contributed by atoms with van der Waals surface area (Å²) < 4.78 is 10.8. The maximum absolute atomic E-state index is 11.7. The van der Waals surface area contributed by atoms with Crippen LogP contribution in [0.3, 0.4) is 0 Å². The third-order valence-corrected chi connectivity index (χ3v) is 3.80. The minimum atomic E-state index is -1.18. The van der Waals surface area contributed by atoms with Gasteiger partial charge in [-0.2, -0.15) is 0 Å². The van der Waals surface area contributed by atoms with Gasteiger partial charge in [0, 0.05) is 6.07 Å². The van der Waals surface area contributed by atoms with E-state index >= 15 is 0 Å². The Hall–Kier alpha value is -2.24. The summed E-state index contributed by atoms with van der Waals surface area (Å²) in [4.78, 5) is 22.5. The van der Waals surface area contributed by atoms with Gasteiger partial charge >= 0.3 is 11.9 Å². The summed E-state index contributed by atoms with van der Waals surface area (Å²) in [6, 6.07) is 4.15. The van der Waals surface area contributed by atoms with Crippen molar-refractivity contribution < 1.29 is 29.3 Å². The van der Waals surface area contributed by atoms with Crippen molar-refractivity contribution in [1.82, 2.24) is 0 Å². The Kier molecular flexibility index (Phi) is 5.25. The Morgan fingerprint density at radius 3 is 2.45 bits per heavy atom. The van der Waals surface area contributed by atoms with Gasteiger partial charge in [0.1, 0.15) is 17.1 Å². The van der Waals surface area contributed by atoms with Gasteiger partial charge in [0.05, 0.1) is 18.6 Å². The number of rotatable bonds is 5. The topological polar surface area (TPSA) is 93.1 Å². The van der Waals surface area contributed by atoms with E-state index in [2.05, 4.69) is 0 Å². The molecule has 1 saturated carbocycles. The van der Waals surface area contributed by atoms with Crippen molar-refractivity contribution in [3.8, 4) is 11.5 Å². The second-order valence-electron chi connectivity index (χ2n) is 5.33. The molecule has 0 spiro atoms. The molecule has 6 heteroatoms. The Balaban J connectivity index is 1.90. The Bertz CT molecular complexity index is 546. The second kappa shape index (κ2) is 7.15. The fourth-order valence-corrected chi connectivity index (χ4v) is 2.63. The van der Waals surface area contributed by atoms with Crippen LogP contribution < -0.4 is 4.74 Å². The molecule has 1 aliphatic carbocycles. The average molecular weight is 308 g/mol. The molecule has 2 N–H and O–H groups in total. The minimum absolute atomic E-state index is 0.0410. The van der Waals surface area contributed by atoms with Crippen LogP contribution in [0, 0.1) is 5.92 Å². The van der Waals surface area contributed by atoms with Crippen molar-refractivity contribution in [3.05, 3.63) is 23.8 Å². The van der Waals surface area contributed by atoms with E-state index in [1.807, 2.05) is 0 Å². The first-order chi connectivity index (χ1) is 10.5. The van der Waals surface area contributed by atoms with Gasteiger partial charge < -0.3 is 19.7 Å². The lowest BCUT2D eigenvalue weighted by Gasteiger charge is -2.27. The quantitative estimate of drug-likeness (QED) is 0.812. The van der Waals surface area contributed by atoms with Gasteiger partial charge in [-0.3, -0.25) is 4.79 Å².